The van der Waals surface area contributed by atoms with E-state index < -0.39 is 0 Å². The third-order valence-electron chi connectivity index (χ3n) is 6.13. The first-order valence-corrected chi connectivity index (χ1v) is 10.5. The predicted octanol–water partition coefficient (Wildman–Crippen LogP) is 7.98. The number of aromatic nitrogens is 1. The normalized spacial score (nSPS) is 12.5. The second kappa shape index (κ2) is 5.99. The van der Waals surface area contributed by atoms with E-state index in [1.165, 1.54) is 27.2 Å². The molecular formula is C28H23NO. The van der Waals surface area contributed by atoms with E-state index in [4.69, 9.17) is 4.42 Å². The van der Waals surface area contributed by atoms with E-state index in [1.807, 2.05) is 0 Å². The third-order valence-corrected chi connectivity index (χ3v) is 6.13. The molecule has 0 radical (unpaired) electrons. The first-order chi connectivity index (χ1) is 14.5. The van der Waals surface area contributed by atoms with Gasteiger partial charge in [0.05, 0.1) is 5.52 Å². The number of nitrogens with zero attached hydrogens (tertiary/aromatic N) is 1. The summed E-state index contributed by atoms with van der Waals surface area (Å²) in [6, 6.07) is 30.2. The molecule has 0 bridgehead atoms. The van der Waals surface area contributed by atoms with Crippen LogP contribution in [0.3, 0.4) is 0 Å². The van der Waals surface area contributed by atoms with E-state index in [0.29, 0.717) is 0 Å². The van der Waals surface area contributed by atoms with E-state index in [2.05, 4.69) is 110 Å². The Hall–Kier alpha value is -3.52. The highest BCUT2D eigenvalue weighted by molar-refractivity contribution is 6.22. The molecule has 0 aliphatic heterocycles. The summed E-state index contributed by atoms with van der Waals surface area (Å²) in [7, 11) is 0. The molecular weight excluding hydrogens is 366 g/mol. The Labute approximate surface area is 175 Å². The van der Waals surface area contributed by atoms with Crippen LogP contribution in [-0.4, -0.2) is 4.57 Å². The number of para-hydroxylation sites is 1. The minimum atomic E-state index is 0.0775. The Balaban J connectivity index is 1.88. The van der Waals surface area contributed by atoms with Gasteiger partial charge in [-0.1, -0.05) is 75.4 Å². The maximum atomic E-state index is 6.46. The van der Waals surface area contributed by atoms with Crippen LogP contribution >= 0.6 is 0 Å². The van der Waals surface area contributed by atoms with Gasteiger partial charge in [-0.05, 0) is 46.7 Å². The third kappa shape index (κ3) is 2.37. The lowest BCUT2D eigenvalue weighted by Gasteiger charge is -2.18. The van der Waals surface area contributed by atoms with Gasteiger partial charge in [0.25, 0.3) is 0 Å². The number of hydrogen-bond donors (Lipinski definition) is 0. The molecule has 4 aromatic carbocycles. The minimum Gasteiger partial charge on any atom is -0.454 e. The minimum absolute atomic E-state index is 0.0775. The average molecular weight is 389 g/mol. The zero-order valence-corrected chi connectivity index (χ0v) is 17.4. The van der Waals surface area contributed by atoms with Gasteiger partial charge in [0.2, 0.25) is 0 Å². The summed E-state index contributed by atoms with van der Waals surface area (Å²) in [5, 5.41) is 4.80. The molecule has 0 aliphatic carbocycles. The lowest BCUT2D eigenvalue weighted by atomic mass is 9.86. The molecule has 0 fully saturated rings. The summed E-state index contributed by atoms with van der Waals surface area (Å²) >= 11 is 0. The number of furan rings is 1. The summed E-state index contributed by atoms with van der Waals surface area (Å²) in [4.78, 5) is 0. The van der Waals surface area contributed by atoms with Crippen molar-refractivity contribution in [3.63, 3.8) is 0 Å². The van der Waals surface area contributed by atoms with E-state index in [9.17, 15) is 0 Å². The van der Waals surface area contributed by atoms with Gasteiger partial charge in [-0.3, -0.25) is 0 Å². The van der Waals surface area contributed by atoms with Crippen LogP contribution in [0.5, 0.6) is 0 Å². The smallest absolute Gasteiger partial charge is 0.161 e. The molecule has 2 heterocycles. The maximum absolute atomic E-state index is 6.46. The van der Waals surface area contributed by atoms with Crippen molar-refractivity contribution in [2.75, 3.05) is 0 Å². The summed E-state index contributed by atoms with van der Waals surface area (Å²) in [6.07, 6.45) is 0. The van der Waals surface area contributed by atoms with E-state index in [0.717, 1.165) is 27.8 Å². The molecule has 2 nitrogen and oxygen atoms in total. The lowest BCUT2D eigenvalue weighted by Crippen LogP contribution is -2.10. The van der Waals surface area contributed by atoms with Crippen LogP contribution < -0.4 is 0 Å². The Kier molecular flexibility index (Phi) is 3.47. The molecule has 146 valence electrons. The van der Waals surface area contributed by atoms with Crippen LogP contribution in [0.25, 0.3) is 49.4 Å². The van der Waals surface area contributed by atoms with Crippen LogP contribution in [0.2, 0.25) is 0 Å². The van der Waals surface area contributed by atoms with Crippen molar-refractivity contribution < 1.29 is 4.42 Å². The van der Waals surface area contributed by atoms with E-state index in [-0.39, 0.29) is 5.41 Å². The zero-order chi connectivity index (χ0) is 20.5. The summed E-state index contributed by atoms with van der Waals surface area (Å²) in [6.45, 7) is 6.77. The Morgan fingerprint density at radius 2 is 1.43 bits per heavy atom. The van der Waals surface area contributed by atoms with Crippen molar-refractivity contribution in [2.24, 2.45) is 0 Å². The van der Waals surface area contributed by atoms with Crippen molar-refractivity contribution >= 4 is 43.7 Å². The quantitative estimate of drug-likeness (QED) is 0.279. The molecule has 30 heavy (non-hydrogen) atoms. The number of rotatable bonds is 1. The molecule has 2 aromatic heterocycles. The lowest BCUT2D eigenvalue weighted by molar-refractivity contribution is 0.590. The number of hydrogen-bond acceptors (Lipinski definition) is 1. The second-order valence-corrected chi connectivity index (χ2v) is 9.09. The van der Waals surface area contributed by atoms with Crippen LogP contribution in [-0.2, 0) is 5.41 Å². The SMILES string of the molecule is CC(C)(C)c1ccc2oc3c4ccc5ccccc5c4n(-c4ccccc4)c3c2c1. The van der Waals surface area contributed by atoms with Crippen molar-refractivity contribution in [1.82, 2.24) is 4.57 Å². The Morgan fingerprint density at radius 3 is 2.23 bits per heavy atom. The van der Waals surface area contributed by atoms with Gasteiger partial charge in [-0.2, -0.15) is 0 Å². The fraction of sp³-hybridized carbons (Fsp3) is 0.143. The maximum Gasteiger partial charge on any atom is 0.161 e. The Morgan fingerprint density at radius 1 is 0.667 bits per heavy atom. The summed E-state index contributed by atoms with van der Waals surface area (Å²) in [5.41, 5.74) is 6.79. The topological polar surface area (TPSA) is 18.1 Å². The highest BCUT2D eigenvalue weighted by Gasteiger charge is 2.22. The van der Waals surface area contributed by atoms with Crippen molar-refractivity contribution in [3.05, 3.63) is 90.5 Å². The van der Waals surface area contributed by atoms with Crippen LogP contribution in [0, 0.1) is 0 Å². The Bertz CT molecular complexity index is 1560. The summed E-state index contributed by atoms with van der Waals surface area (Å²) in [5.74, 6) is 0. The van der Waals surface area contributed by atoms with Crippen LogP contribution in [0.15, 0.2) is 89.3 Å². The zero-order valence-electron chi connectivity index (χ0n) is 17.4. The first-order valence-electron chi connectivity index (χ1n) is 10.5. The second-order valence-electron chi connectivity index (χ2n) is 9.09. The fourth-order valence-electron chi connectivity index (χ4n) is 4.58. The molecule has 0 aliphatic rings. The monoisotopic (exact) mass is 389 g/mol. The first kappa shape index (κ1) is 17.3. The predicted molar refractivity (Wildman–Crippen MR) is 127 cm³/mol. The number of benzene rings is 4. The van der Waals surface area contributed by atoms with Gasteiger partial charge in [0.1, 0.15) is 11.1 Å². The van der Waals surface area contributed by atoms with Crippen LogP contribution in [0.4, 0.5) is 0 Å². The fourth-order valence-corrected chi connectivity index (χ4v) is 4.58. The van der Waals surface area contributed by atoms with Crippen molar-refractivity contribution in [2.45, 2.75) is 26.2 Å². The molecule has 6 aromatic rings. The molecule has 0 atom stereocenters. The highest BCUT2D eigenvalue weighted by atomic mass is 16.3. The van der Waals surface area contributed by atoms with Gasteiger partial charge in [0, 0.05) is 21.8 Å². The average Bonchev–Trinajstić information content (AvgIpc) is 3.28. The molecule has 0 spiro atoms. The van der Waals surface area contributed by atoms with Gasteiger partial charge in [-0.15, -0.1) is 0 Å². The van der Waals surface area contributed by atoms with Gasteiger partial charge >= 0.3 is 0 Å². The van der Waals surface area contributed by atoms with Gasteiger partial charge < -0.3 is 8.98 Å². The van der Waals surface area contributed by atoms with Crippen LogP contribution in [0.1, 0.15) is 26.3 Å². The molecule has 0 N–H and O–H groups in total. The van der Waals surface area contributed by atoms with Gasteiger partial charge in [-0.25, -0.2) is 0 Å². The van der Waals surface area contributed by atoms with Gasteiger partial charge in [0.15, 0.2) is 5.58 Å². The molecule has 2 heteroatoms. The molecule has 0 saturated heterocycles. The standard InChI is InChI=1S/C28H23NO/c1-28(2,3)19-14-16-24-23(17-19)26-27(30-24)22-15-13-18-9-7-8-12-21(18)25(22)29(26)20-10-5-4-6-11-20/h4-17H,1-3H3. The van der Waals surface area contributed by atoms with Crippen molar-refractivity contribution in [1.29, 1.82) is 0 Å². The molecule has 0 amide bonds. The highest BCUT2D eigenvalue weighted by Crippen LogP contribution is 2.42. The van der Waals surface area contributed by atoms with E-state index >= 15 is 0 Å². The van der Waals surface area contributed by atoms with E-state index in [1.54, 1.807) is 0 Å². The summed E-state index contributed by atoms with van der Waals surface area (Å²) < 4.78 is 8.84. The molecule has 0 saturated carbocycles. The largest absolute Gasteiger partial charge is 0.454 e. The molecule has 6 rings (SSSR count). The van der Waals surface area contributed by atoms with Crippen molar-refractivity contribution in [3.8, 4) is 5.69 Å². The number of fused-ring (bicyclic) bond motifs is 7. The molecule has 0 unspecified atom stereocenters.